The molecule has 0 bridgehead atoms. The summed E-state index contributed by atoms with van der Waals surface area (Å²) in [6.45, 7) is 6.03. The fourth-order valence-corrected chi connectivity index (χ4v) is 5.16. The lowest BCUT2D eigenvalue weighted by Gasteiger charge is -2.32. The third kappa shape index (κ3) is 5.34. The van der Waals surface area contributed by atoms with Gasteiger partial charge in [0.15, 0.2) is 0 Å². The SMILES string of the molecule is CC(=O)N1CCC(C(=O)N2C[C@@H]([C@@H](C)Oc3ccc(Cl)cn3)[C@@H](c3ccc(C#N)cc3)C2)CC1. The molecule has 0 radical (unpaired) electrons. The highest BCUT2D eigenvalue weighted by atomic mass is 35.5. The molecule has 0 saturated carbocycles. The Balaban J connectivity index is 1.51. The average molecular weight is 481 g/mol. The molecular formula is C26H29ClN4O3. The number of piperidine rings is 1. The van der Waals surface area contributed by atoms with E-state index in [4.69, 9.17) is 21.6 Å². The molecule has 0 aliphatic carbocycles. The number of pyridine rings is 1. The molecule has 2 aromatic rings. The highest BCUT2D eigenvalue weighted by molar-refractivity contribution is 6.30. The maximum absolute atomic E-state index is 13.4. The van der Waals surface area contributed by atoms with Gasteiger partial charge in [0.05, 0.1) is 16.7 Å². The maximum atomic E-state index is 13.4. The summed E-state index contributed by atoms with van der Waals surface area (Å²) in [6, 6.07) is 13.2. The van der Waals surface area contributed by atoms with Crippen LogP contribution >= 0.6 is 11.6 Å². The lowest BCUT2D eigenvalue weighted by atomic mass is 9.85. The predicted molar refractivity (Wildman–Crippen MR) is 128 cm³/mol. The van der Waals surface area contributed by atoms with Crippen LogP contribution in [0.5, 0.6) is 5.88 Å². The number of rotatable bonds is 5. The zero-order chi connectivity index (χ0) is 24.2. The van der Waals surface area contributed by atoms with Crippen LogP contribution in [0.2, 0.25) is 5.02 Å². The first-order valence-corrected chi connectivity index (χ1v) is 12.1. The second kappa shape index (κ2) is 10.4. The van der Waals surface area contributed by atoms with E-state index < -0.39 is 0 Å². The van der Waals surface area contributed by atoms with Crippen molar-refractivity contribution in [1.29, 1.82) is 5.26 Å². The van der Waals surface area contributed by atoms with Crippen LogP contribution in [0.3, 0.4) is 0 Å². The van der Waals surface area contributed by atoms with Crippen molar-refractivity contribution in [1.82, 2.24) is 14.8 Å². The molecule has 8 heteroatoms. The molecule has 3 atom stereocenters. The van der Waals surface area contributed by atoms with E-state index in [1.54, 1.807) is 25.3 Å². The number of aromatic nitrogens is 1. The first-order chi connectivity index (χ1) is 16.4. The third-order valence-corrected chi connectivity index (χ3v) is 7.27. The molecule has 2 fully saturated rings. The first kappa shape index (κ1) is 24.0. The van der Waals surface area contributed by atoms with Crippen molar-refractivity contribution >= 4 is 23.4 Å². The average Bonchev–Trinajstić information content (AvgIpc) is 3.31. The van der Waals surface area contributed by atoms with Crippen molar-refractivity contribution in [2.45, 2.75) is 38.7 Å². The summed E-state index contributed by atoms with van der Waals surface area (Å²) in [4.78, 5) is 33.1. The fourth-order valence-electron chi connectivity index (χ4n) is 5.05. The van der Waals surface area contributed by atoms with E-state index in [-0.39, 0.29) is 35.7 Å². The molecular weight excluding hydrogens is 452 g/mol. The van der Waals surface area contributed by atoms with Gasteiger partial charge in [-0.25, -0.2) is 4.98 Å². The van der Waals surface area contributed by atoms with Crippen LogP contribution in [0.25, 0.3) is 0 Å². The van der Waals surface area contributed by atoms with E-state index in [9.17, 15) is 9.59 Å². The number of benzene rings is 1. The van der Waals surface area contributed by atoms with Gasteiger partial charge in [-0.1, -0.05) is 23.7 Å². The van der Waals surface area contributed by atoms with E-state index >= 15 is 0 Å². The number of likely N-dealkylation sites (tertiary alicyclic amines) is 2. The van der Waals surface area contributed by atoms with Crippen molar-refractivity contribution < 1.29 is 14.3 Å². The van der Waals surface area contributed by atoms with E-state index in [1.165, 1.54) is 0 Å². The Bertz CT molecular complexity index is 1060. The largest absolute Gasteiger partial charge is 0.474 e. The molecule has 34 heavy (non-hydrogen) atoms. The number of nitriles is 1. The first-order valence-electron chi connectivity index (χ1n) is 11.7. The highest BCUT2D eigenvalue weighted by Crippen LogP contribution is 2.37. The van der Waals surface area contributed by atoms with Crippen molar-refractivity contribution in [3.8, 4) is 11.9 Å². The minimum atomic E-state index is -0.188. The Morgan fingerprint density at radius 2 is 1.82 bits per heavy atom. The molecule has 2 saturated heterocycles. The zero-order valence-corrected chi connectivity index (χ0v) is 20.2. The topological polar surface area (TPSA) is 86.5 Å². The van der Waals surface area contributed by atoms with E-state index in [1.807, 2.05) is 41.0 Å². The highest BCUT2D eigenvalue weighted by Gasteiger charge is 2.42. The number of carbonyl (C=O) groups is 2. The Kier molecular flexibility index (Phi) is 7.38. The molecule has 2 aliphatic rings. The molecule has 0 unspecified atom stereocenters. The van der Waals surface area contributed by atoms with Gasteiger partial charge in [-0.15, -0.1) is 0 Å². The third-order valence-electron chi connectivity index (χ3n) is 7.04. The summed E-state index contributed by atoms with van der Waals surface area (Å²) in [5.41, 5.74) is 1.70. The summed E-state index contributed by atoms with van der Waals surface area (Å²) in [5.74, 6) is 0.793. The molecule has 2 aliphatic heterocycles. The molecule has 2 amide bonds. The van der Waals surface area contributed by atoms with Gasteiger partial charge in [0.2, 0.25) is 17.7 Å². The van der Waals surface area contributed by atoms with Gasteiger partial charge >= 0.3 is 0 Å². The predicted octanol–water partition coefficient (Wildman–Crippen LogP) is 3.87. The number of carbonyl (C=O) groups excluding carboxylic acids is 2. The number of amides is 2. The van der Waals surface area contributed by atoms with Gasteiger partial charge < -0.3 is 14.5 Å². The lowest BCUT2D eigenvalue weighted by Crippen LogP contribution is -2.43. The monoisotopic (exact) mass is 480 g/mol. The van der Waals surface area contributed by atoms with E-state index in [0.717, 1.165) is 5.56 Å². The Labute approximate surface area is 205 Å². The minimum Gasteiger partial charge on any atom is -0.474 e. The summed E-state index contributed by atoms with van der Waals surface area (Å²) >= 11 is 5.95. The van der Waals surface area contributed by atoms with Crippen LogP contribution in [-0.2, 0) is 9.59 Å². The van der Waals surface area contributed by atoms with Crippen LogP contribution in [0.4, 0.5) is 0 Å². The lowest BCUT2D eigenvalue weighted by molar-refractivity contribution is -0.139. The van der Waals surface area contributed by atoms with Crippen LogP contribution in [0.15, 0.2) is 42.6 Å². The molecule has 3 heterocycles. The normalized spacial score (nSPS) is 21.7. The van der Waals surface area contributed by atoms with Crippen LogP contribution in [-0.4, -0.2) is 58.9 Å². The number of nitrogens with zero attached hydrogens (tertiary/aromatic N) is 4. The van der Waals surface area contributed by atoms with Gasteiger partial charge in [-0.3, -0.25) is 9.59 Å². The van der Waals surface area contributed by atoms with Crippen molar-refractivity contribution in [3.05, 3.63) is 58.7 Å². The van der Waals surface area contributed by atoms with E-state index in [2.05, 4.69) is 11.1 Å². The second-order valence-corrected chi connectivity index (χ2v) is 9.60. The summed E-state index contributed by atoms with van der Waals surface area (Å²) in [6.07, 6.45) is 2.76. The molecule has 1 aromatic carbocycles. The van der Waals surface area contributed by atoms with Crippen LogP contribution in [0.1, 0.15) is 43.7 Å². The number of hydrogen-bond donors (Lipinski definition) is 0. The Hall–Kier alpha value is -3.11. The summed E-state index contributed by atoms with van der Waals surface area (Å²) < 4.78 is 6.16. The minimum absolute atomic E-state index is 0.0617. The fraction of sp³-hybridized carbons (Fsp3) is 0.462. The molecule has 7 nitrogen and oxygen atoms in total. The van der Waals surface area contributed by atoms with Gasteiger partial charge in [-0.05, 0) is 43.5 Å². The quantitative estimate of drug-likeness (QED) is 0.648. The molecule has 0 spiro atoms. The molecule has 4 rings (SSSR count). The van der Waals surface area contributed by atoms with Crippen LogP contribution < -0.4 is 4.74 Å². The Morgan fingerprint density at radius 3 is 2.41 bits per heavy atom. The van der Waals surface area contributed by atoms with E-state index in [0.29, 0.717) is 55.5 Å². The number of hydrogen-bond acceptors (Lipinski definition) is 5. The van der Waals surface area contributed by atoms with Gasteiger partial charge in [0.25, 0.3) is 0 Å². The van der Waals surface area contributed by atoms with Crippen molar-refractivity contribution in [3.63, 3.8) is 0 Å². The van der Waals surface area contributed by atoms with Crippen LogP contribution in [0, 0.1) is 23.2 Å². The van der Waals surface area contributed by atoms with Gasteiger partial charge in [0, 0.05) is 63.1 Å². The molecule has 1 aromatic heterocycles. The smallest absolute Gasteiger partial charge is 0.225 e. The summed E-state index contributed by atoms with van der Waals surface area (Å²) in [5, 5.41) is 9.71. The van der Waals surface area contributed by atoms with Gasteiger partial charge in [-0.2, -0.15) is 5.26 Å². The molecule has 0 N–H and O–H groups in total. The molecule has 178 valence electrons. The number of ether oxygens (including phenoxy) is 1. The van der Waals surface area contributed by atoms with Crippen molar-refractivity contribution in [2.24, 2.45) is 11.8 Å². The second-order valence-electron chi connectivity index (χ2n) is 9.17. The number of halogens is 1. The zero-order valence-electron chi connectivity index (χ0n) is 19.5. The Morgan fingerprint density at radius 1 is 1.12 bits per heavy atom. The summed E-state index contributed by atoms with van der Waals surface area (Å²) in [7, 11) is 0. The van der Waals surface area contributed by atoms with Gasteiger partial charge in [0.1, 0.15) is 6.10 Å². The van der Waals surface area contributed by atoms with Crippen molar-refractivity contribution in [2.75, 3.05) is 26.2 Å². The maximum Gasteiger partial charge on any atom is 0.225 e. The standard InChI is InChI=1S/C26H29ClN4O3/c1-17(34-25-8-7-22(27)14-29-25)23-15-31(16-24(23)20-5-3-19(13-28)4-6-20)26(33)21-9-11-30(12-10-21)18(2)32/h3-8,14,17,21,23-24H,9-12,15-16H2,1-2H3/t17-,23+,24-/m1/s1.